The number of nitrogens with zero attached hydrogens (tertiary/aromatic N) is 2. The first-order chi connectivity index (χ1) is 11.7. The summed E-state index contributed by atoms with van der Waals surface area (Å²) in [5.41, 5.74) is 1.41. The molecular weight excluding hydrogens is 300 g/mol. The standard InChI is InChI=1S/C19H26N4O/c1-2-20-18(21-11-14-23-12-5-6-13-23)22-15-19(24)10-9-16-7-3-4-8-17(16)19/h3-8,12-13,24H,2,9-11,14-15H2,1H3,(H2,20,21,22). The molecule has 0 aliphatic heterocycles. The Hall–Kier alpha value is -2.27. The fourth-order valence-electron chi connectivity index (χ4n) is 3.21. The maximum atomic E-state index is 11.0. The van der Waals surface area contributed by atoms with Gasteiger partial charge in [0.2, 0.25) is 0 Å². The van der Waals surface area contributed by atoms with Gasteiger partial charge in [0.1, 0.15) is 5.60 Å². The van der Waals surface area contributed by atoms with Crippen LogP contribution in [0.2, 0.25) is 0 Å². The van der Waals surface area contributed by atoms with Crippen molar-refractivity contribution in [2.45, 2.75) is 31.9 Å². The van der Waals surface area contributed by atoms with Crippen molar-refractivity contribution in [1.82, 2.24) is 15.2 Å². The average Bonchev–Trinajstić information content (AvgIpc) is 3.22. The number of guanidine groups is 1. The van der Waals surface area contributed by atoms with Crippen molar-refractivity contribution in [3.05, 3.63) is 59.9 Å². The molecule has 0 fully saturated rings. The molecular formula is C19H26N4O. The van der Waals surface area contributed by atoms with Crippen LogP contribution in [0.25, 0.3) is 0 Å². The number of fused-ring (bicyclic) bond motifs is 1. The molecule has 5 heteroatoms. The summed E-state index contributed by atoms with van der Waals surface area (Å²) in [5.74, 6) is 0.752. The Balaban J connectivity index is 1.61. The van der Waals surface area contributed by atoms with Gasteiger partial charge in [-0.05, 0) is 43.0 Å². The second-order valence-corrected chi connectivity index (χ2v) is 6.23. The van der Waals surface area contributed by atoms with E-state index in [1.54, 1.807) is 0 Å². The number of nitrogens with one attached hydrogen (secondary N) is 2. The minimum Gasteiger partial charge on any atom is -0.383 e. The fraction of sp³-hybridized carbons (Fsp3) is 0.421. The second-order valence-electron chi connectivity index (χ2n) is 6.23. The normalized spacial score (nSPS) is 20.0. The largest absolute Gasteiger partial charge is 0.383 e. The van der Waals surface area contributed by atoms with Gasteiger partial charge in [0.25, 0.3) is 0 Å². The number of aliphatic hydroxyl groups is 1. The maximum absolute atomic E-state index is 11.0. The second kappa shape index (κ2) is 7.53. The molecule has 0 spiro atoms. The Labute approximate surface area is 143 Å². The lowest BCUT2D eigenvalue weighted by Crippen LogP contribution is -2.40. The lowest BCUT2D eigenvalue weighted by molar-refractivity contribution is 0.0485. The lowest BCUT2D eigenvalue weighted by Gasteiger charge is -2.22. The van der Waals surface area contributed by atoms with Gasteiger partial charge in [0.05, 0.1) is 6.54 Å². The SMILES string of the molecule is CCNC(=NCC1(O)CCc2ccccc21)NCCn1cccc1. The zero-order chi connectivity index (χ0) is 16.8. The Bertz CT molecular complexity index is 680. The van der Waals surface area contributed by atoms with E-state index >= 15 is 0 Å². The van der Waals surface area contributed by atoms with Crippen LogP contribution in [0.5, 0.6) is 0 Å². The summed E-state index contributed by atoms with van der Waals surface area (Å²) in [4.78, 5) is 4.62. The minimum atomic E-state index is -0.848. The summed E-state index contributed by atoms with van der Waals surface area (Å²) in [7, 11) is 0. The fourth-order valence-corrected chi connectivity index (χ4v) is 3.21. The number of aromatic nitrogens is 1. The van der Waals surface area contributed by atoms with Crippen LogP contribution in [-0.2, 0) is 18.6 Å². The molecule has 1 aromatic carbocycles. The van der Waals surface area contributed by atoms with Crippen molar-refractivity contribution < 1.29 is 5.11 Å². The van der Waals surface area contributed by atoms with Crippen LogP contribution in [0, 0.1) is 0 Å². The van der Waals surface area contributed by atoms with Gasteiger partial charge in [-0.2, -0.15) is 0 Å². The smallest absolute Gasteiger partial charge is 0.191 e. The van der Waals surface area contributed by atoms with Crippen molar-refractivity contribution in [3.63, 3.8) is 0 Å². The van der Waals surface area contributed by atoms with Gasteiger partial charge in [0.15, 0.2) is 5.96 Å². The van der Waals surface area contributed by atoms with Gasteiger partial charge in [-0.15, -0.1) is 0 Å². The number of aryl methyl sites for hydroxylation is 1. The molecule has 0 radical (unpaired) electrons. The van der Waals surface area contributed by atoms with Crippen molar-refractivity contribution in [3.8, 4) is 0 Å². The molecule has 0 saturated heterocycles. The monoisotopic (exact) mass is 326 g/mol. The van der Waals surface area contributed by atoms with E-state index in [0.717, 1.165) is 44.0 Å². The van der Waals surface area contributed by atoms with E-state index in [2.05, 4.69) is 26.3 Å². The molecule has 1 unspecified atom stereocenters. The van der Waals surface area contributed by atoms with Crippen LogP contribution in [0.4, 0.5) is 0 Å². The highest BCUT2D eigenvalue weighted by molar-refractivity contribution is 5.79. The predicted octanol–water partition coefficient (Wildman–Crippen LogP) is 1.88. The molecule has 2 aromatic rings. The Morgan fingerprint density at radius 2 is 2.00 bits per heavy atom. The molecule has 3 rings (SSSR count). The first-order valence-corrected chi connectivity index (χ1v) is 8.65. The average molecular weight is 326 g/mol. The first kappa shape index (κ1) is 16.6. The predicted molar refractivity (Wildman–Crippen MR) is 97.1 cm³/mol. The van der Waals surface area contributed by atoms with Crippen LogP contribution >= 0.6 is 0 Å². The van der Waals surface area contributed by atoms with Gasteiger partial charge >= 0.3 is 0 Å². The van der Waals surface area contributed by atoms with E-state index in [4.69, 9.17) is 0 Å². The molecule has 1 aliphatic rings. The number of aliphatic imine (C=N–C) groups is 1. The Morgan fingerprint density at radius 3 is 2.79 bits per heavy atom. The summed E-state index contributed by atoms with van der Waals surface area (Å²) < 4.78 is 2.12. The molecule has 1 aromatic heterocycles. The molecule has 24 heavy (non-hydrogen) atoms. The Kier molecular flexibility index (Phi) is 5.20. The summed E-state index contributed by atoms with van der Waals surface area (Å²) >= 11 is 0. The summed E-state index contributed by atoms with van der Waals surface area (Å²) in [6, 6.07) is 12.2. The molecule has 1 atom stereocenters. The maximum Gasteiger partial charge on any atom is 0.191 e. The molecule has 5 nitrogen and oxygen atoms in total. The van der Waals surface area contributed by atoms with E-state index < -0.39 is 5.60 Å². The minimum absolute atomic E-state index is 0.378. The molecule has 0 bridgehead atoms. The van der Waals surface area contributed by atoms with Crippen molar-refractivity contribution in [2.24, 2.45) is 4.99 Å². The summed E-state index contributed by atoms with van der Waals surface area (Å²) in [6.45, 7) is 4.88. The van der Waals surface area contributed by atoms with Crippen LogP contribution < -0.4 is 10.6 Å². The van der Waals surface area contributed by atoms with Gasteiger partial charge < -0.3 is 20.3 Å². The van der Waals surface area contributed by atoms with Gasteiger partial charge in [-0.3, -0.25) is 0 Å². The van der Waals surface area contributed by atoms with Crippen LogP contribution in [0.15, 0.2) is 53.8 Å². The third kappa shape index (κ3) is 3.79. The van der Waals surface area contributed by atoms with E-state index in [1.165, 1.54) is 5.56 Å². The highest BCUT2D eigenvalue weighted by Gasteiger charge is 2.36. The van der Waals surface area contributed by atoms with E-state index in [-0.39, 0.29) is 0 Å². The number of hydrogen-bond acceptors (Lipinski definition) is 2. The zero-order valence-corrected chi connectivity index (χ0v) is 14.2. The number of benzene rings is 1. The third-order valence-corrected chi connectivity index (χ3v) is 4.50. The molecule has 1 heterocycles. The van der Waals surface area contributed by atoms with Gasteiger partial charge in [-0.1, -0.05) is 24.3 Å². The highest BCUT2D eigenvalue weighted by atomic mass is 16.3. The summed E-state index contributed by atoms with van der Waals surface area (Å²) in [6.07, 6.45) is 5.74. The third-order valence-electron chi connectivity index (χ3n) is 4.50. The van der Waals surface area contributed by atoms with E-state index in [1.807, 2.05) is 49.6 Å². The quantitative estimate of drug-likeness (QED) is 0.561. The first-order valence-electron chi connectivity index (χ1n) is 8.65. The van der Waals surface area contributed by atoms with Crippen LogP contribution in [0.1, 0.15) is 24.5 Å². The van der Waals surface area contributed by atoms with Crippen molar-refractivity contribution in [2.75, 3.05) is 19.6 Å². The molecule has 3 N–H and O–H groups in total. The van der Waals surface area contributed by atoms with Crippen LogP contribution in [0.3, 0.4) is 0 Å². The number of rotatable bonds is 6. The molecule has 0 amide bonds. The van der Waals surface area contributed by atoms with Crippen LogP contribution in [-0.4, -0.2) is 35.3 Å². The zero-order valence-electron chi connectivity index (χ0n) is 14.2. The molecule has 1 aliphatic carbocycles. The highest BCUT2D eigenvalue weighted by Crippen LogP contribution is 2.36. The van der Waals surface area contributed by atoms with E-state index in [9.17, 15) is 5.11 Å². The number of hydrogen-bond donors (Lipinski definition) is 3. The topological polar surface area (TPSA) is 61.6 Å². The van der Waals surface area contributed by atoms with E-state index in [0.29, 0.717) is 6.54 Å². The molecule has 0 saturated carbocycles. The van der Waals surface area contributed by atoms with Gasteiger partial charge in [0, 0.05) is 32.0 Å². The summed E-state index contributed by atoms with van der Waals surface area (Å²) in [5, 5.41) is 17.5. The van der Waals surface area contributed by atoms with Crippen molar-refractivity contribution >= 4 is 5.96 Å². The molecule has 128 valence electrons. The van der Waals surface area contributed by atoms with Crippen molar-refractivity contribution in [1.29, 1.82) is 0 Å². The Morgan fingerprint density at radius 1 is 1.21 bits per heavy atom. The van der Waals surface area contributed by atoms with Gasteiger partial charge in [-0.25, -0.2) is 4.99 Å². The lowest BCUT2D eigenvalue weighted by atomic mass is 9.96.